The zero-order valence-corrected chi connectivity index (χ0v) is 14.3. The summed E-state index contributed by atoms with van der Waals surface area (Å²) < 4.78 is 7.11. The Morgan fingerprint density at radius 3 is 2.60 bits per heavy atom. The number of ether oxygens (including phenoxy) is 1. The van der Waals surface area contributed by atoms with Gasteiger partial charge in [0.15, 0.2) is 0 Å². The van der Waals surface area contributed by atoms with Crippen LogP contribution in [0, 0.1) is 0 Å². The highest BCUT2D eigenvalue weighted by Gasteiger charge is 2.39. The zero-order chi connectivity index (χ0) is 17.9. The number of amides is 1. The molecule has 0 atom stereocenters. The van der Waals surface area contributed by atoms with Crippen molar-refractivity contribution in [2.75, 3.05) is 19.7 Å². The molecule has 1 aliphatic carbocycles. The van der Waals surface area contributed by atoms with Crippen LogP contribution in [0.4, 0.5) is 0 Å². The molecule has 2 aliphatic rings. The minimum Gasteiger partial charge on any atom is -0.480 e. The SMILES string of the molecule is O=C(O)Cn1cccc(C(=O)N2CCOC3(CCCCCC3)C2)c1=O. The van der Waals surface area contributed by atoms with Crippen LogP contribution in [0.5, 0.6) is 0 Å². The minimum atomic E-state index is -1.12. The summed E-state index contributed by atoms with van der Waals surface area (Å²) in [5.74, 6) is -1.45. The molecule has 1 spiro atoms. The molecule has 2 heterocycles. The molecule has 7 heteroatoms. The first-order valence-corrected chi connectivity index (χ1v) is 8.85. The summed E-state index contributed by atoms with van der Waals surface area (Å²) in [5.41, 5.74) is -0.829. The van der Waals surface area contributed by atoms with E-state index in [0.29, 0.717) is 19.7 Å². The largest absolute Gasteiger partial charge is 0.480 e. The first-order chi connectivity index (χ1) is 12.0. The molecule has 0 bridgehead atoms. The highest BCUT2D eigenvalue weighted by Crippen LogP contribution is 2.33. The van der Waals surface area contributed by atoms with Gasteiger partial charge >= 0.3 is 5.97 Å². The number of carboxylic acids is 1. The van der Waals surface area contributed by atoms with Gasteiger partial charge in [0, 0.05) is 12.7 Å². The van der Waals surface area contributed by atoms with Crippen LogP contribution in [0.25, 0.3) is 0 Å². The van der Waals surface area contributed by atoms with Gasteiger partial charge in [-0.15, -0.1) is 0 Å². The summed E-state index contributed by atoms with van der Waals surface area (Å²) in [7, 11) is 0. The topological polar surface area (TPSA) is 88.8 Å². The van der Waals surface area contributed by atoms with Crippen molar-refractivity contribution in [3.05, 3.63) is 34.2 Å². The number of rotatable bonds is 3. The summed E-state index contributed by atoms with van der Waals surface area (Å²) in [6, 6.07) is 3.01. The Morgan fingerprint density at radius 1 is 1.20 bits per heavy atom. The molecule has 3 rings (SSSR count). The van der Waals surface area contributed by atoms with E-state index in [0.717, 1.165) is 30.3 Å². The van der Waals surface area contributed by atoms with E-state index in [1.54, 1.807) is 11.0 Å². The second-order valence-corrected chi connectivity index (χ2v) is 6.92. The summed E-state index contributed by atoms with van der Waals surface area (Å²) in [6.45, 7) is 0.974. The van der Waals surface area contributed by atoms with Crippen LogP contribution in [-0.2, 0) is 16.1 Å². The van der Waals surface area contributed by atoms with Gasteiger partial charge in [-0.3, -0.25) is 14.4 Å². The van der Waals surface area contributed by atoms with E-state index in [1.807, 2.05) is 0 Å². The van der Waals surface area contributed by atoms with Crippen molar-refractivity contribution < 1.29 is 19.4 Å². The molecule has 1 saturated heterocycles. The van der Waals surface area contributed by atoms with Crippen LogP contribution in [0.3, 0.4) is 0 Å². The molecule has 25 heavy (non-hydrogen) atoms. The maximum atomic E-state index is 12.9. The Balaban J connectivity index is 1.81. The monoisotopic (exact) mass is 348 g/mol. The Labute approximate surface area is 146 Å². The Kier molecular flexibility index (Phi) is 5.22. The lowest BCUT2D eigenvalue weighted by Crippen LogP contribution is -2.54. The van der Waals surface area contributed by atoms with E-state index < -0.39 is 18.1 Å². The van der Waals surface area contributed by atoms with Crippen LogP contribution in [0.15, 0.2) is 23.1 Å². The molecular weight excluding hydrogens is 324 g/mol. The highest BCUT2D eigenvalue weighted by atomic mass is 16.5. The van der Waals surface area contributed by atoms with Crippen LogP contribution >= 0.6 is 0 Å². The standard InChI is InChI=1S/C18H24N2O5/c21-15(22)12-19-9-5-6-14(16(19)23)17(24)20-10-11-25-18(13-20)7-3-1-2-4-8-18/h5-6,9H,1-4,7-8,10-13H2,(H,21,22). The average Bonchev–Trinajstić information content (AvgIpc) is 2.81. The molecule has 1 saturated carbocycles. The second-order valence-electron chi connectivity index (χ2n) is 6.92. The van der Waals surface area contributed by atoms with E-state index in [4.69, 9.17) is 9.84 Å². The zero-order valence-electron chi connectivity index (χ0n) is 14.3. The van der Waals surface area contributed by atoms with Gasteiger partial charge < -0.3 is 19.3 Å². The molecule has 1 N–H and O–H groups in total. The fourth-order valence-corrected chi connectivity index (χ4v) is 3.83. The average molecular weight is 348 g/mol. The molecule has 136 valence electrons. The van der Waals surface area contributed by atoms with Crippen LogP contribution in [0.1, 0.15) is 48.9 Å². The Bertz CT molecular complexity index is 704. The Hall–Kier alpha value is -2.15. The third-order valence-corrected chi connectivity index (χ3v) is 5.11. The molecule has 0 unspecified atom stereocenters. The van der Waals surface area contributed by atoms with Gasteiger partial charge in [0.2, 0.25) is 0 Å². The van der Waals surface area contributed by atoms with Gasteiger partial charge in [-0.25, -0.2) is 0 Å². The number of aromatic nitrogens is 1. The van der Waals surface area contributed by atoms with Gasteiger partial charge in [-0.2, -0.15) is 0 Å². The van der Waals surface area contributed by atoms with Gasteiger partial charge in [-0.1, -0.05) is 25.7 Å². The fourth-order valence-electron chi connectivity index (χ4n) is 3.83. The number of carboxylic acid groups (broad SMARTS) is 1. The van der Waals surface area contributed by atoms with Crippen molar-refractivity contribution in [3.63, 3.8) is 0 Å². The third-order valence-electron chi connectivity index (χ3n) is 5.11. The normalized spacial score (nSPS) is 20.2. The number of pyridine rings is 1. The Morgan fingerprint density at radius 2 is 1.92 bits per heavy atom. The second kappa shape index (κ2) is 7.39. The fraction of sp³-hybridized carbons (Fsp3) is 0.611. The first kappa shape index (κ1) is 17.7. The van der Waals surface area contributed by atoms with E-state index in [1.165, 1.54) is 25.1 Å². The van der Waals surface area contributed by atoms with Crippen molar-refractivity contribution in [2.24, 2.45) is 0 Å². The summed E-state index contributed by atoms with van der Waals surface area (Å²) in [4.78, 5) is 37.9. The lowest BCUT2D eigenvalue weighted by atomic mass is 9.92. The smallest absolute Gasteiger partial charge is 0.323 e. The molecule has 1 amide bonds. The number of hydrogen-bond donors (Lipinski definition) is 1. The van der Waals surface area contributed by atoms with Gasteiger partial charge in [0.05, 0.1) is 18.8 Å². The molecule has 1 aromatic rings. The first-order valence-electron chi connectivity index (χ1n) is 8.85. The predicted octanol–water partition coefficient (Wildman–Crippen LogP) is 1.50. The van der Waals surface area contributed by atoms with E-state index in [9.17, 15) is 14.4 Å². The lowest BCUT2D eigenvalue weighted by Gasteiger charge is -2.42. The predicted molar refractivity (Wildman–Crippen MR) is 90.6 cm³/mol. The van der Waals surface area contributed by atoms with Crippen LogP contribution in [0.2, 0.25) is 0 Å². The molecule has 0 aromatic carbocycles. The van der Waals surface area contributed by atoms with Crippen molar-refractivity contribution in [1.29, 1.82) is 0 Å². The summed E-state index contributed by atoms with van der Waals surface area (Å²) in [5, 5.41) is 8.89. The van der Waals surface area contributed by atoms with Crippen LogP contribution < -0.4 is 5.56 Å². The molecule has 2 fully saturated rings. The van der Waals surface area contributed by atoms with Gasteiger partial charge in [-0.05, 0) is 25.0 Å². The van der Waals surface area contributed by atoms with Crippen molar-refractivity contribution in [1.82, 2.24) is 9.47 Å². The molecule has 0 radical (unpaired) electrons. The number of carbonyl (C=O) groups is 2. The lowest BCUT2D eigenvalue weighted by molar-refractivity contribution is -0.137. The number of carbonyl (C=O) groups excluding carboxylic acids is 1. The number of morpholine rings is 1. The molecule has 7 nitrogen and oxygen atoms in total. The summed E-state index contributed by atoms with van der Waals surface area (Å²) >= 11 is 0. The number of nitrogens with zero attached hydrogens (tertiary/aromatic N) is 2. The minimum absolute atomic E-state index is 0.0226. The van der Waals surface area contributed by atoms with Crippen molar-refractivity contribution in [3.8, 4) is 0 Å². The van der Waals surface area contributed by atoms with Gasteiger partial charge in [0.1, 0.15) is 12.1 Å². The maximum Gasteiger partial charge on any atom is 0.323 e. The molecule has 1 aliphatic heterocycles. The van der Waals surface area contributed by atoms with Gasteiger partial charge in [0.25, 0.3) is 11.5 Å². The van der Waals surface area contributed by atoms with E-state index >= 15 is 0 Å². The molecular formula is C18H24N2O5. The molecule has 1 aromatic heterocycles. The quantitative estimate of drug-likeness (QED) is 0.894. The third kappa shape index (κ3) is 3.92. The summed E-state index contributed by atoms with van der Waals surface area (Å²) in [6.07, 6.45) is 7.84. The van der Waals surface area contributed by atoms with Crippen molar-refractivity contribution in [2.45, 2.75) is 50.7 Å². The van der Waals surface area contributed by atoms with Crippen molar-refractivity contribution >= 4 is 11.9 Å². The number of aliphatic carboxylic acids is 1. The highest BCUT2D eigenvalue weighted by molar-refractivity contribution is 5.94. The maximum absolute atomic E-state index is 12.9. The van der Waals surface area contributed by atoms with E-state index in [-0.39, 0.29) is 17.1 Å². The van der Waals surface area contributed by atoms with Crippen LogP contribution in [-0.4, -0.2) is 51.7 Å². The van der Waals surface area contributed by atoms with E-state index in [2.05, 4.69) is 0 Å². The number of hydrogen-bond acceptors (Lipinski definition) is 4.